The van der Waals surface area contributed by atoms with Crippen molar-refractivity contribution in [2.24, 2.45) is 17.3 Å². The van der Waals surface area contributed by atoms with Crippen LogP contribution in [-0.2, 0) is 44.6 Å². The number of nitrogens with zero attached hydrogens (tertiary/aromatic N) is 1. The number of aromatic nitrogens is 1. The number of halogens is 6. The molecule has 5 atom stereocenters. The molecule has 1 aliphatic rings. The summed E-state index contributed by atoms with van der Waals surface area (Å²) in [4.78, 5) is 56.5. The number of methoxy groups -OCH3 is 1. The Morgan fingerprint density at radius 3 is 2.25 bits per heavy atom. The van der Waals surface area contributed by atoms with Crippen molar-refractivity contribution in [1.82, 2.24) is 4.98 Å². The van der Waals surface area contributed by atoms with Gasteiger partial charge >= 0.3 is 18.3 Å². The molecule has 52 heavy (non-hydrogen) atoms. The van der Waals surface area contributed by atoms with Crippen molar-refractivity contribution < 1.29 is 47.6 Å². The van der Waals surface area contributed by atoms with Crippen molar-refractivity contribution in [2.75, 3.05) is 20.3 Å². The lowest BCUT2D eigenvalue weighted by Gasteiger charge is -2.37. The average molecular weight is 873 g/mol. The van der Waals surface area contributed by atoms with Gasteiger partial charge in [-0.05, 0) is 50.7 Å². The fourth-order valence-corrected chi connectivity index (χ4v) is 6.56. The summed E-state index contributed by atoms with van der Waals surface area (Å²) in [6.45, 7) is 9.58. The van der Waals surface area contributed by atoms with Gasteiger partial charge in [-0.1, -0.05) is 109 Å². The van der Waals surface area contributed by atoms with E-state index in [0.717, 1.165) is 12.0 Å². The van der Waals surface area contributed by atoms with E-state index in [9.17, 15) is 19.2 Å². The van der Waals surface area contributed by atoms with Crippen molar-refractivity contribution in [3.05, 3.63) is 33.3 Å². The van der Waals surface area contributed by atoms with E-state index in [2.05, 4.69) is 4.98 Å². The molecule has 18 heteroatoms. The van der Waals surface area contributed by atoms with Crippen LogP contribution in [0.4, 0.5) is 9.59 Å². The second-order valence-electron chi connectivity index (χ2n) is 13.2. The molecule has 0 aliphatic carbocycles. The number of allylic oxidation sites excluding steroid dienone is 1. The molecule has 0 aromatic carbocycles. The molecule has 0 amide bonds. The van der Waals surface area contributed by atoms with E-state index in [0.29, 0.717) is 35.5 Å². The number of cyclic esters (lactones) is 1. The summed E-state index contributed by atoms with van der Waals surface area (Å²) in [6.07, 6.45) is 1.53. The summed E-state index contributed by atoms with van der Waals surface area (Å²) < 4.78 is 28.6. The summed E-state index contributed by atoms with van der Waals surface area (Å²) in [6, 6.07) is 0. The molecule has 0 unspecified atom stereocenters. The highest BCUT2D eigenvalue weighted by Gasteiger charge is 2.45. The zero-order chi connectivity index (χ0) is 39.4. The van der Waals surface area contributed by atoms with Gasteiger partial charge in [0.05, 0.1) is 29.6 Å². The Morgan fingerprint density at radius 2 is 1.65 bits per heavy atom. The molecule has 1 aliphatic heterocycles. The molecule has 2 heterocycles. The maximum absolute atomic E-state index is 14.1. The fraction of sp³-hybridized carbons (Fsp3) is 0.676. The molecule has 0 saturated carbocycles. The van der Waals surface area contributed by atoms with Gasteiger partial charge in [0.1, 0.15) is 42.8 Å². The highest BCUT2D eigenvalue weighted by Crippen LogP contribution is 2.35. The first-order valence-corrected chi connectivity index (χ1v) is 19.5. The standard InChI is InChI=1S/C34H45Cl6NO10S/c1-19-9-8-10-20(2)28(51-31(45)49-18-34(38,39)40)22(4)29(43)32(5,6)25(46-7)14-27(42)50-24(12-11-19)21(3)13-23-16-52-26(41-23)15-47-30(44)48-17-33(35,36)37/h11,13,16,20,22,24-25,28H,8-10,12,14-15,17-18H2,1-7H3/b19-11-,21-13+/t20-,22+,24-,25-,28-/m0/s1. The quantitative estimate of drug-likeness (QED) is 0.107. The van der Waals surface area contributed by atoms with Crippen LogP contribution in [0.1, 0.15) is 84.3 Å². The summed E-state index contributed by atoms with van der Waals surface area (Å²) >= 11 is 35.2. The molecule has 1 aromatic heterocycles. The van der Waals surface area contributed by atoms with E-state index in [1.807, 2.05) is 26.8 Å². The van der Waals surface area contributed by atoms with Gasteiger partial charge in [0, 0.05) is 18.9 Å². The molecule has 0 fully saturated rings. The zero-order valence-electron chi connectivity index (χ0n) is 30.0. The minimum atomic E-state index is -1.83. The van der Waals surface area contributed by atoms with Crippen LogP contribution < -0.4 is 0 Å². The van der Waals surface area contributed by atoms with Crippen LogP contribution in [0.5, 0.6) is 0 Å². The number of carbonyl (C=O) groups excluding carboxylic acids is 4. The van der Waals surface area contributed by atoms with E-state index < -0.39 is 68.7 Å². The van der Waals surface area contributed by atoms with Gasteiger partial charge in [-0.2, -0.15) is 0 Å². The van der Waals surface area contributed by atoms with Gasteiger partial charge in [-0.25, -0.2) is 14.6 Å². The molecule has 11 nitrogen and oxygen atoms in total. The monoisotopic (exact) mass is 869 g/mol. The largest absolute Gasteiger partial charge is 0.508 e. The van der Waals surface area contributed by atoms with Crippen molar-refractivity contribution in [3.63, 3.8) is 0 Å². The Hall–Kier alpha value is -1.51. The number of esters is 1. The van der Waals surface area contributed by atoms with Gasteiger partial charge < -0.3 is 28.4 Å². The molecule has 294 valence electrons. The van der Waals surface area contributed by atoms with Gasteiger partial charge in [-0.15, -0.1) is 11.3 Å². The van der Waals surface area contributed by atoms with Crippen LogP contribution >= 0.6 is 80.9 Å². The molecule has 0 saturated heterocycles. The minimum Gasteiger partial charge on any atom is -0.457 e. The SMILES string of the molecule is CO[C@H]1CC(=O)O[C@H](/C(C)=C/c2csc(COC(=O)OCC(Cl)(Cl)Cl)n2)C/C=C(/C)CCC[C@H](C)[C@H](OC(=O)OCC(Cl)(Cl)Cl)[C@@H](C)C(=O)C1(C)C. The predicted molar refractivity (Wildman–Crippen MR) is 203 cm³/mol. The number of rotatable bonds is 8. The molecule has 0 bridgehead atoms. The van der Waals surface area contributed by atoms with Crippen molar-refractivity contribution >= 4 is 111 Å². The average Bonchev–Trinajstić information content (AvgIpc) is 3.50. The Labute approximate surface area is 338 Å². The summed E-state index contributed by atoms with van der Waals surface area (Å²) in [5, 5.41) is 2.25. The molecule has 2 rings (SSSR count). The van der Waals surface area contributed by atoms with E-state index in [1.54, 1.807) is 32.2 Å². The summed E-state index contributed by atoms with van der Waals surface area (Å²) in [5.74, 6) is -1.91. The Kier molecular flexibility index (Phi) is 18.8. The lowest BCUT2D eigenvalue weighted by Crippen LogP contribution is -2.47. The highest BCUT2D eigenvalue weighted by molar-refractivity contribution is 7.09. The molecule has 0 radical (unpaired) electrons. The number of hydrogen-bond donors (Lipinski definition) is 0. The van der Waals surface area contributed by atoms with Crippen molar-refractivity contribution in [1.29, 1.82) is 0 Å². The molecule has 1 aromatic rings. The topological polar surface area (TPSA) is 137 Å². The maximum atomic E-state index is 14.1. The third kappa shape index (κ3) is 16.5. The molecular weight excluding hydrogens is 827 g/mol. The van der Waals surface area contributed by atoms with E-state index in [1.165, 1.54) is 18.4 Å². The Bertz CT molecular complexity index is 1440. The number of carbonyl (C=O) groups is 4. The Balaban J connectivity index is 2.31. The summed E-state index contributed by atoms with van der Waals surface area (Å²) in [7, 11) is 1.42. The van der Waals surface area contributed by atoms with Crippen LogP contribution in [0.25, 0.3) is 6.08 Å². The molecule has 0 spiro atoms. The van der Waals surface area contributed by atoms with Crippen LogP contribution in [0, 0.1) is 17.3 Å². The number of thiazole rings is 1. The first-order valence-electron chi connectivity index (χ1n) is 16.3. The van der Waals surface area contributed by atoms with Gasteiger partial charge in [0.2, 0.25) is 7.59 Å². The van der Waals surface area contributed by atoms with Gasteiger partial charge in [-0.3, -0.25) is 9.59 Å². The lowest BCUT2D eigenvalue weighted by atomic mass is 9.72. The van der Waals surface area contributed by atoms with Crippen LogP contribution in [0.2, 0.25) is 0 Å². The first-order chi connectivity index (χ1) is 24.0. The number of ether oxygens (including phenoxy) is 6. The predicted octanol–water partition coefficient (Wildman–Crippen LogP) is 10.2. The normalized spacial score (nSPS) is 25.4. The minimum absolute atomic E-state index is 0.158. The second-order valence-corrected chi connectivity index (χ2v) is 19.1. The van der Waals surface area contributed by atoms with Crippen LogP contribution in [0.15, 0.2) is 22.6 Å². The van der Waals surface area contributed by atoms with Gasteiger partial charge in [0.15, 0.2) is 0 Å². The van der Waals surface area contributed by atoms with Crippen molar-refractivity contribution in [3.8, 4) is 0 Å². The second kappa shape index (κ2) is 21.0. The van der Waals surface area contributed by atoms with Crippen LogP contribution in [-0.4, -0.2) is 75.3 Å². The third-order valence-corrected chi connectivity index (χ3v) is 9.93. The van der Waals surface area contributed by atoms with E-state index in [4.69, 9.17) is 98.0 Å². The first kappa shape index (κ1) is 46.6. The van der Waals surface area contributed by atoms with E-state index >= 15 is 0 Å². The van der Waals surface area contributed by atoms with Crippen molar-refractivity contribution in [2.45, 2.75) is 106 Å². The number of Topliss-reactive ketones (excluding diaryl/α,β-unsaturated/α-hetero) is 1. The van der Waals surface area contributed by atoms with E-state index in [-0.39, 0.29) is 24.7 Å². The fourth-order valence-electron chi connectivity index (χ4n) is 5.57. The summed E-state index contributed by atoms with van der Waals surface area (Å²) in [5.41, 5.74) is 1.14. The smallest absolute Gasteiger partial charge is 0.457 e. The Morgan fingerprint density at radius 1 is 1.04 bits per heavy atom. The maximum Gasteiger partial charge on any atom is 0.508 e. The van der Waals surface area contributed by atoms with Gasteiger partial charge in [0.25, 0.3) is 0 Å². The molecule has 0 N–H and O–H groups in total. The van der Waals surface area contributed by atoms with Crippen LogP contribution in [0.3, 0.4) is 0 Å². The lowest BCUT2D eigenvalue weighted by molar-refractivity contribution is -0.156. The number of hydrogen-bond acceptors (Lipinski definition) is 12. The third-order valence-electron chi connectivity index (χ3n) is 8.43. The highest BCUT2D eigenvalue weighted by atomic mass is 35.6. The number of ketones is 1. The number of alkyl halides is 6. The zero-order valence-corrected chi connectivity index (χ0v) is 35.3. The molecular formula is C34H45Cl6NO10S.